The third kappa shape index (κ3) is 3.58. The van der Waals surface area contributed by atoms with Gasteiger partial charge in [-0.15, -0.1) is 0 Å². The molecule has 1 heterocycles. The minimum absolute atomic E-state index is 0.135. The summed E-state index contributed by atoms with van der Waals surface area (Å²) >= 11 is 5.75. The van der Waals surface area contributed by atoms with Crippen molar-refractivity contribution in [3.05, 3.63) is 58.6 Å². The second-order valence-electron chi connectivity index (χ2n) is 4.67. The van der Waals surface area contributed by atoms with Crippen LogP contribution in [0.3, 0.4) is 0 Å². The van der Waals surface area contributed by atoms with E-state index >= 15 is 0 Å². The maximum atomic E-state index is 13.1. The Morgan fingerprint density at radius 1 is 1.37 bits per heavy atom. The van der Waals surface area contributed by atoms with E-state index in [1.54, 1.807) is 12.1 Å². The van der Waals surface area contributed by atoms with Crippen molar-refractivity contribution in [3.8, 4) is 0 Å². The molecule has 0 aliphatic heterocycles. The fourth-order valence-corrected chi connectivity index (χ4v) is 2.25. The Kier molecular flexibility index (Phi) is 4.61. The van der Waals surface area contributed by atoms with Gasteiger partial charge >= 0.3 is 0 Å². The van der Waals surface area contributed by atoms with E-state index in [-0.39, 0.29) is 5.02 Å². The number of rotatable bonds is 5. The summed E-state index contributed by atoms with van der Waals surface area (Å²) in [6.07, 6.45) is 5.11. The summed E-state index contributed by atoms with van der Waals surface area (Å²) in [5, 5.41) is 10.0. The average molecular weight is 282 g/mol. The molecule has 1 N–H and O–H groups in total. The molecule has 0 aliphatic carbocycles. The largest absolute Gasteiger partial charge is 0.388 e. The molecule has 2 rings (SSSR count). The number of hydrogen-bond donors (Lipinski definition) is 1. The summed E-state index contributed by atoms with van der Waals surface area (Å²) in [6, 6.07) is 6.61. The van der Waals surface area contributed by atoms with Crippen molar-refractivity contribution in [2.45, 2.75) is 32.4 Å². The Morgan fingerprint density at radius 3 is 2.84 bits per heavy atom. The molecule has 2 aromatic rings. The first-order valence-electron chi connectivity index (χ1n) is 6.38. The van der Waals surface area contributed by atoms with Gasteiger partial charge in [-0.25, -0.2) is 4.39 Å². The molecule has 1 unspecified atom stereocenters. The maximum Gasteiger partial charge on any atom is 0.141 e. The molecule has 1 aromatic carbocycles. The van der Waals surface area contributed by atoms with Crippen LogP contribution in [0, 0.1) is 5.82 Å². The number of halogens is 2. The number of aromatic nitrogens is 1. The first-order valence-corrected chi connectivity index (χ1v) is 6.75. The lowest BCUT2D eigenvalue weighted by atomic mass is 10.1. The summed E-state index contributed by atoms with van der Waals surface area (Å²) in [6.45, 7) is 2.65. The zero-order valence-corrected chi connectivity index (χ0v) is 11.6. The Bertz CT molecular complexity index is 553. The molecular weight excluding hydrogens is 265 g/mol. The third-order valence-electron chi connectivity index (χ3n) is 3.07. The number of aliphatic hydroxyl groups is 1. The van der Waals surface area contributed by atoms with E-state index in [1.807, 2.05) is 30.0 Å². The summed E-state index contributed by atoms with van der Waals surface area (Å²) in [7, 11) is 0. The lowest BCUT2D eigenvalue weighted by Crippen LogP contribution is -1.98. The quantitative estimate of drug-likeness (QED) is 0.874. The molecule has 19 heavy (non-hydrogen) atoms. The van der Waals surface area contributed by atoms with Crippen molar-refractivity contribution < 1.29 is 9.50 Å². The van der Waals surface area contributed by atoms with Gasteiger partial charge in [0.25, 0.3) is 0 Å². The topological polar surface area (TPSA) is 25.2 Å². The van der Waals surface area contributed by atoms with Gasteiger partial charge in [-0.05, 0) is 35.7 Å². The minimum Gasteiger partial charge on any atom is -0.388 e. The van der Waals surface area contributed by atoms with Crippen LogP contribution >= 0.6 is 11.6 Å². The lowest BCUT2D eigenvalue weighted by molar-refractivity contribution is 0.166. The van der Waals surface area contributed by atoms with E-state index in [0.717, 1.165) is 24.0 Å². The number of hydrogen-bond acceptors (Lipinski definition) is 1. The first kappa shape index (κ1) is 14.1. The van der Waals surface area contributed by atoms with Crippen LogP contribution < -0.4 is 0 Å². The molecule has 0 bridgehead atoms. The van der Waals surface area contributed by atoms with Crippen molar-refractivity contribution in [2.24, 2.45) is 0 Å². The zero-order chi connectivity index (χ0) is 13.8. The molecule has 0 amide bonds. The fourth-order valence-electron chi connectivity index (χ4n) is 2.04. The minimum atomic E-state index is -0.414. The van der Waals surface area contributed by atoms with Gasteiger partial charge in [-0.2, -0.15) is 0 Å². The first-order chi connectivity index (χ1) is 9.10. The molecule has 102 valence electrons. The summed E-state index contributed by atoms with van der Waals surface area (Å²) in [4.78, 5) is 0. The van der Waals surface area contributed by atoms with Crippen molar-refractivity contribution in [2.75, 3.05) is 0 Å². The Balaban J connectivity index is 2.09. The van der Waals surface area contributed by atoms with Crippen LogP contribution in [0.25, 0.3) is 0 Å². The maximum absolute atomic E-state index is 13.1. The van der Waals surface area contributed by atoms with Gasteiger partial charge in [-0.3, -0.25) is 0 Å². The van der Waals surface area contributed by atoms with Crippen LogP contribution in [0.2, 0.25) is 5.02 Å². The molecule has 0 spiro atoms. The molecule has 0 radical (unpaired) electrons. The molecule has 0 saturated carbocycles. The number of aliphatic hydroxyl groups excluding tert-OH is 1. The van der Waals surface area contributed by atoms with Crippen LogP contribution in [0.15, 0.2) is 36.7 Å². The molecule has 4 heteroatoms. The van der Waals surface area contributed by atoms with Crippen molar-refractivity contribution in [1.29, 1.82) is 0 Å². The van der Waals surface area contributed by atoms with E-state index in [0.29, 0.717) is 6.54 Å². The Morgan fingerprint density at radius 2 is 2.16 bits per heavy atom. The highest BCUT2D eigenvalue weighted by Crippen LogP contribution is 2.20. The van der Waals surface area contributed by atoms with E-state index in [1.165, 1.54) is 6.07 Å². The van der Waals surface area contributed by atoms with Gasteiger partial charge in [0.15, 0.2) is 0 Å². The molecule has 0 aliphatic rings. The fraction of sp³-hybridized carbons (Fsp3) is 0.333. The van der Waals surface area contributed by atoms with Gasteiger partial charge in [0, 0.05) is 18.9 Å². The normalized spacial score (nSPS) is 12.6. The molecule has 1 atom stereocenters. The number of benzene rings is 1. The highest BCUT2D eigenvalue weighted by molar-refractivity contribution is 6.30. The van der Waals surface area contributed by atoms with Crippen LogP contribution in [-0.4, -0.2) is 9.67 Å². The van der Waals surface area contributed by atoms with Crippen molar-refractivity contribution in [1.82, 2.24) is 4.57 Å². The summed E-state index contributed by atoms with van der Waals surface area (Å²) in [5.41, 5.74) is 1.84. The van der Waals surface area contributed by atoms with Crippen LogP contribution in [0.1, 0.15) is 37.0 Å². The smallest absolute Gasteiger partial charge is 0.141 e. The summed E-state index contributed by atoms with van der Waals surface area (Å²) < 4.78 is 15.0. The highest BCUT2D eigenvalue weighted by atomic mass is 35.5. The molecule has 2 nitrogen and oxygen atoms in total. The molecule has 0 saturated heterocycles. The predicted octanol–water partition coefficient (Wildman–Crippen LogP) is 4.16. The van der Waals surface area contributed by atoms with Gasteiger partial charge in [0.05, 0.1) is 11.1 Å². The average Bonchev–Trinajstić information content (AvgIpc) is 2.83. The summed E-state index contributed by atoms with van der Waals surface area (Å²) in [5.74, 6) is -0.406. The van der Waals surface area contributed by atoms with E-state index in [9.17, 15) is 9.50 Å². The van der Waals surface area contributed by atoms with Crippen LogP contribution in [0.4, 0.5) is 4.39 Å². The van der Waals surface area contributed by atoms with Crippen molar-refractivity contribution >= 4 is 11.6 Å². The highest BCUT2D eigenvalue weighted by Gasteiger charge is 2.08. The Hall–Kier alpha value is -1.32. The van der Waals surface area contributed by atoms with E-state index in [2.05, 4.69) is 0 Å². The van der Waals surface area contributed by atoms with Crippen molar-refractivity contribution in [3.63, 3.8) is 0 Å². The number of nitrogens with zero attached hydrogens (tertiary/aromatic N) is 1. The van der Waals surface area contributed by atoms with E-state index < -0.39 is 11.9 Å². The van der Waals surface area contributed by atoms with E-state index in [4.69, 9.17) is 11.6 Å². The standard InChI is InChI=1S/C15H17ClFNO/c1-2-3-15(19)12-6-7-18(10-12)9-11-4-5-14(17)13(16)8-11/h4-8,10,15,19H,2-3,9H2,1H3. The second kappa shape index (κ2) is 6.22. The van der Waals surface area contributed by atoms with Gasteiger partial charge in [-0.1, -0.05) is 31.0 Å². The van der Waals surface area contributed by atoms with Gasteiger partial charge < -0.3 is 9.67 Å². The Labute approximate surface area is 117 Å². The van der Waals surface area contributed by atoms with Crippen LogP contribution in [0.5, 0.6) is 0 Å². The zero-order valence-electron chi connectivity index (χ0n) is 10.8. The SMILES string of the molecule is CCCC(O)c1ccn(Cc2ccc(F)c(Cl)c2)c1. The predicted molar refractivity (Wildman–Crippen MR) is 74.8 cm³/mol. The van der Waals surface area contributed by atoms with Gasteiger partial charge in [0.1, 0.15) is 5.82 Å². The molecule has 1 aromatic heterocycles. The molecular formula is C15H17ClFNO. The van der Waals surface area contributed by atoms with Crippen LogP contribution in [-0.2, 0) is 6.54 Å². The van der Waals surface area contributed by atoms with Gasteiger partial charge in [0.2, 0.25) is 0 Å². The monoisotopic (exact) mass is 281 g/mol. The lowest BCUT2D eigenvalue weighted by Gasteiger charge is -2.07. The molecule has 0 fully saturated rings. The third-order valence-corrected chi connectivity index (χ3v) is 3.36. The second-order valence-corrected chi connectivity index (χ2v) is 5.08.